The van der Waals surface area contributed by atoms with E-state index < -0.39 is 17.0 Å². The average molecular weight is 329 g/mol. The van der Waals surface area contributed by atoms with Gasteiger partial charge < -0.3 is 0 Å². The molecule has 0 nitrogen and oxygen atoms in total. The summed E-state index contributed by atoms with van der Waals surface area (Å²) in [7, 11) is 0. The van der Waals surface area contributed by atoms with Crippen LogP contribution in [0.25, 0.3) is 0 Å². The van der Waals surface area contributed by atoms with E-state index in [-0.39, 0.29) is 23.7 Å². The molecule has 0 aliphatic rings. The van der Waals surface area contributed by atoms with Crippen LogP contribution in [-0.2, 0) is 11.8 Å². The molecule has 2 aromatic rings. The molecule has 0 fully saturated rings. The van der Waals surface area contributed by atoms with Crippen molar-refractivity contribution in [2.24, 2.45) is 0 Å². The van der Waals surface area contributed by atoms with E-state index >= 15 is 0 Å². The summed E-state index contributed by atoms with van der Waals surface area (Å²) in [4.78, 5) is 0. The Morgan fingerprint density at radius 2 is 1.48 bits per heavy atom. The molecule has 0 aliphatic carbocycles. The minimum absolute atomic E-state index is 0.0297. The van der Waals surface area contributed by atoms with Gasteiger partial charge in [0.25, 0.3) is 0 Å². The normalized spacial score (nSPS) is 11.7. The van der Waals surface area contributed by atoms with Crippen molar-refractivity contribution in [1.82, 2.24) is 0 Å². The molecule has 0 aliphatic heterocycles. The van der Waals surface area contributed by atoms with Gasteiger partial charge in [0.05, 0.1) is 0 Å². The number of halogens is 4. The molecule has 0 unspecified atom stereocenters. The molecule has 0 radical (unpaired) electrons. The number of hydrogen-bond donors (Lipinski definition) is 0. The monoisotopic (exact) mass is 328 g/mol. The molecule has 4 heteroatoms. The third-order valence-corrected chi connectivity index (χ3v) is 4.83. The third-order valence-electron chi connectivity index (χ3n) is 3.80. The fourth-order valence-electron chi connectivity index (χ4n) is 2.58. The van der Waals surface area contributed by atoms with Gasteiger partial charge in [0.1, 0.15) is 11.6 Å². The number of rotatable bonds is 5. The topological polar surface area (TPSA) is 0 Å². The van der Waals surface area contributed by atoms with Gasteiger partial charge in [-0.2, -0.15) is 0 Å². The van der Waals surface area contributed by atoms with Gasteiger partial charge in [0, 0.05) is 22.7 Å². The predicted molar refractivity (Wildman–Crippen MR) is 84.4 cm³/mol. The highest BCUT2D eigenvalue weighted by Crippen LogP contribution is 2.35. The van der Waals surface area contributed by atoms with Gasteiger partial charge >= 0.3 is 0 Å². The van der Waals surface area contributed by atoms with Crippen LogP contribution in [-0.4, -0.2) is 11.8 Å². The quantitative estimate of drug-likeness (QED) is 0.659. The van der Waals surface area contributed by atoms with Gasteiger partial charge in [-0.25, -0.2) is 8.78 Å². The van der Waals surface area contributed by atoms with Gasteiger partial charge in [-0.1, -0.05) is 30.3 Å². The standard InChI is InChI=1S/C17H16Cl2F2/c1-12-5-2-3-6-14(12)17(10-18,11-19)9-13-15(20)7-4-8-16(13)21/h2-8H,9-11H2,1H3. The van der Waals surface area contributed by atoms with Crippen LogP contribution in [0.1, 0.15) is 16.7 Å². The lowest BCUT2D eigenvalue weighted by atomic mass is 9.76. The van der Waals surface area contributed by atoms with Gasteiger partial charge in [-0.05, 0) is 36.6 Å². The first-order valence-electron chi connectivity index (χ1n) is 6.65. The molecule has 0 heterocycles. The fraction of sp³-hybridized carbons (Fsp3) is 0.294. The summed E-state index contributed by atoms with van der Waals surface area (Å²) in [5, 5.41) is 0. The number of alkyl halides is 2. The van der Waals surface area contributed by atoms with E-state index in [9.17, 15) is 8.78 Å². The second-order valence-corrected chi connectivity index (χ2v) is 5.77. The van der Waals surface area contributed by atoms with E-state index in [0.717, 1.165) is 11.1 Å². The highest BCUT2D eigenvalue weighted by atomic mass is 35.5. The summed E-state index contributed by atoms with van der Waals surface area (Å²) in [6.07, 6.45) is 0.128. The summed E-state index contributed by atoms with van der Waals surface area (Å²) in [5.41, 5.74) is 1.27. The molecule has 21 heavy (non-hydrogen) atoms. The molecule has 0 atom stereocenters. The molecule has 0 aromatic heterocycles. The zero-order chi connectivity index (χ0) is 15.5. The maximum atomic E-state index is 13.9. The third kappa shape index (κ3) is 3.22. The van der Waals surface area contributed by atoms with E-state index in [2.05, 4.69) is 0 Å². The molecule has 2 rings (SSSR count). The summed E-state index contributed by atoms with van der Waals surface area (Å²) in [6, 6.07) is 11.5. The molecular weight excluding hydrogens is 313 g/mol. The Labute approximate surface area is 133 Å². The largest absolute Gasteiger partial charge is 0.207 e. The maximum Gasteiger partial charge on any atom is 0.129 e. The lowest BCUT2D eigenvalue weighted by Gasteiger charge is -2.32. The van der Waals surface area contributed by atoms with E-state index in [4.69, 9.17) is 23.2 Å². The first-order chi connectivity index (χ1) is 10.0. The Kier molecular flexibility index (Phi) is 5.23. The predicted octanol–water partition coefficient (Wildman–Crippen LogP) is 5.23. The molecule has 112 valence electrons. The number of aryl methyl sites for hydroxylation is 1. The lowest BCUT2D eigenvalue weighted by Crippen LogP contribution is -2.35. The minimum Gasteiger partial charge on any atom is -0.207 e. The smallest absolute Gasteiger partial charge is 0.129 e. The Morgan fingerprint density at radius 3 is 2.00 bits per heavy atom. The van der Waals surface area contributed by atoms with E-state index in [1.54, 1.807) is 0 Å². The number of benzene rings is 2. The average Bonchev–Trinajstić information content (AvgIpc) is 2.49. The molecule has 0 saturated carbocycles. The van der Waals surface area contributed by atoms with Gasteiger partial charge in [0.2, 0.25) is 0 Å². The van der Waals surface area contributed by atoms with Gasteiger partial charge in [-0.3, -0.25) is 0 Å². The van der Waals surface area contributed by atoms with Crippen molar-refractivity contribution >= 4 is 23.2 Å². The van der Waals surface area contributed by atoms with E-state index in [1.807, 2.05) is 31.2 Å². The minimum atomic E-state index is -0.697. The van der Waals surface area contributed by atoms with Crippen molar-refractivity contribution in [3.63, 3.8) is 0 Å². The molecule has 0 amide bonds. The van der Waals surface area contributed by atoms with Crippen molar-refractivity contribution in [2.75, 3.05) is 11.8 Å². The summed E-state index contributed by atoms with van der Waals surface area (Å²) in [6.45, 7) is 1.95. The van der Waals surface area contributed by atoms with Crippen LogP contribution in [0.15, 0.2) is 42.5 Å². The van der Waals surface area contributed by atoms with Gasteiger partial charge in [-0.15, -0.1) is 23.2 Å². The van der Waals surface area contributed by atoms with E-state index in [1.165, 1.54) is 18.2 Å². The van der Waals surface area contributed by atoms with Crippen molar-refractivity contribution < 1.29 is 8.78 Å². The van der Waals surface area contributed by atoms with Crippen LogP contribution >= 0.6 is 23.2 Å². The van der Waals surface area contributed by atoms with Crippen molar-refractivity contribution in [2.45, 2.75) is 18.8 Å². The Bertz CT molecular complexity index is 602. The van der Waals surface area contributed by atoms with Crippen LogP contribution in [0.2, 0.25) is 0 Å². The van der Waals surface area contributed by atoms with Crippen molar-refractivity contribution in [3.05, 3.63) is 70.8 Å². The van der Waals surface area contributed by atoms with Crippen LogP contribution < -0.4 is 0 Å². The highest BCUT2D eigenvalue weighted by molar-refractivity contribution is 6.22. The van der Waals surface area contributed by atoms with Crippen LogP contribution in [0.3, 0.4) is 0 Å². The SMILES string of the molecule is Cc1ccccc1C(CCl)(CCl)Cc1c(F)cccc1F. The molecule has 0 bridgehead atoms. The zero-order valence-electron chi connectivity index (χ0n) is 11.7. The highest BCUT2D eigenvalue weighted by Gasteiger charge is 2.34. The van der Waals surface area contributed by atoms with Crippen molar-refractivity contribution in [1.29, 1.82) is 0 Å². The maximum absolute atomic E-state index is 13.9. The lowest BCUT2D eigenvalue weighted by molar-refractivity contribution is 0.482. The summed E-state index contributed by atoms with van der Waals surface area (Å²) < 4.78 is 27.9. The second-order valence-electron chi connectivity index (χ2n) is 5.24. The van der Waals surface area contributed by atoms with Crippen molar-refractivity contribution in [3.8, 4) is 0 Å². The van der Waals surface area contributed by atoms with Crippen LogP contribution in [0, 0.1) is 18.6 Å². The Morgan fingerprint density at radius 1 is 0.905 bits per heavy atom. The first kappa shape index (κ1) is 16.3. The number of hydrogen-bond acceptors (Lipinski definition) is 0. The molecule has 2 aromatic carbocycles. The Balaban J connectivity index is 2.51. The summed E-state index contributed by atoms with van der Waals surface area (Å²) in [5.74, 6) is -0.754. The van der Waals surface area contributed by atoms with Crippen LogP contribution in [0.5, 0.6) is 0 Å². The molecule has 0 spiro atoms. The zero-order valence-corrected chi connectivity index (χ0v) is 13.2. The summed E-state index contributed by atoms with van der Waals surface area (Å²) >= 11 is 12.3. The molecular formula is C17H16Cl2F2. The van der Waals surface area contributed by atoms with Gasteiger partial charge in [0.15, 0.2) is 0 Å². The van der Waals surface area contributed by atoms with Crippen LogP contribution in [0.4, 0.5) is 8.78 Å². The fourth-order valence-corrected chi connectivity index (χ4v) is 3.34. The molecule has 0 saturated heterocycles. The van der Waals surface area contributed by atoms with E-state index in [0.29, 0.717) is 0 Å². The molecule has 0 N–H and O–H groups in total. The Hall–Kier alpha value is -1.12. The second kappa shape index (κ2) is 6.76. The first-order valence-corrected chi connectivity index (χ1v) is 7.72.